The second-order valence-corrected chi connectivity index (χ2v) is 2.64. The predicted octanol–water partition coefficient (Wildman–Crippen LogP) is 1.90. The van der Waals surface area contributed by atoms with Crippen LogP contribution in [0.3, 0.4) is 0 Å². The molecule has 0 aliphatic carbocycles. The van der Waals surface area contributed by atoms with E-state index in [0.29, 0.717) is 0 Å². The minimum Gasteiger partial charge on any atom is -0.381 e. The lowest BCUT2D eigenvalue weighted by Crippen LogP contribution is -1.74. The molecule has 2 saturated heterocycles. The summed E-state index contributed by atoms with van der Waals surface area (Å²) in [5.41, 5.74) is 0. The van der Waals surface area contributed by atoms with E-state index in [1.807, 2.05) is 0 Å². The molecular weight excluding hydrogens is 166 g/mol. The van der Waals surface area contributed by atoms with Gasteiger partial charge in [0.25, 0.3) is 0 Å². The zero-order chi connectivity index (χ0) is 7.07. The minimum atomic E-state index is 0. The fourth-order valence-corrected chi connectivity index (χ4v) is 1.02. The molecule has 0 atom stereocenters. The van der Waals surface area contributed by atoms with Crippen LogP contribution in [0.1, 0.15) is 25.7 Å². The fourth-order valence-electron chi connectivity index (χ4n) is 1.02. The summed E-state index contributed by atoms with van der Waals surface area (Å²) in [6, 6.07) is 0. The second-order valence-electron chi connectivity index (χ2n) is 2.64. The third-order valence-electron chi connectivity index (χ3n) is 1.65. The van der Waals surface area contributed by atoms with Crippen LogP contribution < -0.4 is 0 Å². The maximum Gasteiger partial charge on any atom is 0.0466 e. The number of halogens is 2. The molecule has 0 aromatic carbocycles. The topological polar surface area (TPSA) is 18.5 Å². The SMILES string of the molecule is C1CCOC1.C1CCOC1.F.F. The highest BCUT2D eigenvalue weighted by atomic mass is 19.0. The summed E-state index contributed by atoms with van der Waals surface area (Å²) in [6.45, 7) is 4.00. The van der Waals surface area contributed by atoms with Crippen LogP contribution in [0.4, 0.5) is 9.41 Å². The molecule has 0 unspecified atom stereocenters. The van der Waals surface area contributed by atoms with E-state index in [1.165, 1.54) is 25.7 Å². The highest BCUT2D eigenvalue weighted by molar-refractivity contribution is 4.44. The zero-order valence-corrected chi connectivity index (χ0v) is 7.29. The molecule has 2 nitrogen and oxygen atoms in total. The molecule has 0 saturated carbocycles. The van der Waals surface area contributed by atoms with Gasteiger partial charge in [-0.15, -0.1) is 0 Å². The molecule has 0 radical (unpaired) electrons. The van der Waals surface area contributed by atoms with Crippen LogP contribution in [0.5, 0.6) is 0 Å². The number of rotatable bonds is 0. The van der Waals surface area contributed by atoms with Crippen LogP contribution in [0.2, 0.25) is 0 Å². The Bertz CT molecular complexity index is 48.2. The van der Waals surface area contributed by atoms with Crippen molar-refractivity contribution in [3.63, 3.8) is 0 Å². The first-order chi connectivity index (χ1) is 5.00. The van der Waals surface area contributed by atoms with E-state index in [1.54, 1.807) is 0 Å². The van der Waals surface area contributed by atoms with Crippen LogP contribution in [-0.2, 0) is 9.47 Å². The van der Waals surface area contributed by atoms with Crippen LogP contribution in [0.15, 0.2) is 0 Å². The van der Waals surface area contributed by atoms with E-state index in [-0.39, 0.29) is 9.41 Å². The van der Waals surface area contributed by atoms with Gasteiger partial charge in [0, 0.05) is 26.4 Å². The molecule has 2 rings (SSSR count). The van der Waals surface area contributed by atoms with Gasteiger partial charge in [0.05, 0.1) is 0 Å². The zero-order valence-electron chi connectivity index (χ0n) is 7.29. The smallest absolute Gasteiger partial charge is 0.0466 e. The van der Waals surface area contributed by atoms with Crippen molar-refractivity contribution >= 4 is 0 Å². The van der Waals surface area contributed by atoms with E-state index in [2.05, 4.69) is 0 Å². The largest absolute Gasteiger partial charge is 0.381 e. The molecule has 2 aliphatic heterocycles. The quantitative estimate of drug-likeness (QED) is 0.572. The molecule has 4 heteroatoms. The standard InChI is InChI=1S/2C4H8O.2FH/c2*1-2-4-5-3-1;;/h2*1-4H2;2*1H. The highest BCUT2D eigenvalue weighted by Gasteiger charge is 1.95. The molecule has 0 aromatic heterocycles. The molecule has 12 heavy (non-hydrogen) atoms. The molecule has 76 valence electrons. The van der Waals surface area contributed by atoms with Gasteiger partial charge in [0.2, 0.25) is 0 Å². The molecule has 0 amide bonds. The minimum absolute atomic E-state index is 0. The molecule has 2 heterocycles. The highest BCUT2D eigenvalue weighted by Crippen LogP contribution is 1.98. The summed E-state index contributed by atoms with van der Waals surface area (Å²) in [4.78, 5) is 0. The summed E-state index contributed by atoms with van der Waals surface area (Å²) >= 11 is 0. The first-order valence-electron chi connectivity index (χ1n) is 4.15. The Morgan fingerprint density at radius 1 is 0.500 bits per heavy atom. The normalized spacial score (nSPS) is 20.0. The van der Waals surface area contributed by atoms with Gasteiger partial charge in [0.15, 0.2) is 0 Å². The lowest BCUT2D eigenvalue weighted by molar-refractivity contribution is 0.198. The van der Waals surface area contributed by atoms with Crippen LogP contribution in [0.25, 0.3) is 0 Å². The van der Waals surface area contributed by atoms with Crippen molar-refractivity contribution in [3.05, 3.63) is 0 Å². The summed E-state index contributed by atoms with van der Waals surface area (Å²) in [6.07, 6.45) is 5.11. The molecule has 0 aromatic rings. The summed E-state index contributed by atoms with van der Waals surface area (Å²) in [5, 5.41) is 0. The Kier molecular flexibility index (Phi) is 12.9. The summed E-state index contributed by atoms with van der Waals surface area (Å²) in [5.74, 6) is 0. The predicted molar refractivity (Wildman–Crippen MR) is 45.1 cm³/mol. The average Bonchev–Trinajstić information content (AvgIpc) is 2.67. The van der Waals surface area contributed by atoms with E-state index < -0.39 is 0 Å². The van der Waals surface area contributed by atoms with Gasteiger partial charge in [-0.2, -0.15) is 0 Å². The van der Waals surface area contributed by atoms with Crippen molar-refractivity contribution in [3.8, 4) is 0 Å². The third kappa shape index (κ3) is 7.88. The average molecular weight is 184 g/mol. The maximum atomic E-state index is 4.94. The van der Waals surface area contributed by atoms with Gasteiger partial charge in [-0.1, -0.05) is 0 Å². The van der Waals surface area contributed by atoms with Gasteiger partial charge in [-0.3, -0.25) is 9.41 Å². The Balaban J connectivity index is 0. The second kappa shape index (κ2) is 10.8. The van der Waals surface area contributed by atoms with Crippen molar-refractivity contribution in [2.24, 2.45) is 0 Å². The molecule has 2 aliphatic rings. The molecule has 0 bridgehead atoms. The van der Waals surface area contributed by atoms with Crippen molar-refractivity contribution in [2.45, 2.75) is 25.7 Å². The molecule has 0 spiro atoms. The number of hydrogen-bond donors (Lipinski definition) is 0. The van der Waals surface area contributed by atoms with E-state index >= 15 is 0 Å². The first kappa shape index (κ1) is 14.3. The molecular formula is C8H18F2O2. The van der Waals surface area contributed by atoms with Crippen LogP contribution >= 0.6 is 0 Å². The van der Waals surface area contributed by atoms with Crippen LogP contribution in [0, 0.1) is 0 Å². The fraction of sp³-hybridized carbons (Fsp3) is 1.00. The lowest BCUT2D eigenvalue weighted by atomic mass is 10.4. The number of hydrogen-bond acceptors (Lipinski definition) is 2. The summed E-state index contributed by atoms with van der Waals surface area (Å²) < 4.78 is 9.89. The van der Waals surface area contributed by atoms with E-state index in [4.69, 9.17) is 9.47 Å². The van der Waals surface area contributed by atoms with Crippen molar-refractivity contribution in [1.82, 2.24) is 0 Å². The Morgan fingerprint density at radius 3 is 0.833 bits per heavy atom. The maximum absolute atomic E-state index is 4.94. The van der Waals surface area contributed by atoms with Gasteiger partial charge < -0.3 is 9.47 Å². The lowest BCUT2D eigenvalue weighted by Gasteiger charge is -1.76. The van der Waals surface area contributed by atoms with E-state index in [9.17, 15) is 0 Å². The number of ether oxygens (including phenoxy) is 2. The van der Waals surface area contributed by atoms with Gasteiger partial charge in [-0.05, 0) is 25.7 Å². The van der Waals surface area contributed by atoms with E-state index in [0.717, 1.165) is 26.4 Å². The third-order valence-corrected chi connectivity index (χ3v) is 1.65. The summed E-state index contributed by atoms with van der Waals surface area (Å²) in [7, 11) is 0. The Hall–Kier alpha value is -0.220. The van der Waals surface area contributed by atoms with Gasteiger partial charge in [-0.25, -0.2) is 0 Å². The van der Waals surface area contributed by atoms with Crippen molar-refractivity contribution < 1.29 is 18.9 Å². The van der Waals surface area contributed by atoms with Gasteiger partial charge >= 0.3 is 0 Å². The molecule has 0 N–H and O–H groups in total. The monoisotopic (exact) mass is 184 g/mol. The van der Waals surface area contributed by atoms with Crippen molar-refractivity contribution in [2.75, 3.05) is 26.4 Å². The van der Waals surface area contributed by atoms with Crippen molar-refractivity contribution in [1.29, 1.82) is 0 Å². The first-order valence-corrected chi connectivity index (χ1v) is 4.15. The Labute approximate surface area is 72.0 Å². The van der Waals surface area contributed by atoms with Gasteiger partial charge in [0.1, 0.15) is 0 Å². The molecule has 2 fully saturated rings. The van der Waals surface area contributed by atoms with Crippen LogP contribution in [-0.4, -0.2) is 26.4 Å². The Morgan fingerprint density at radius 2 is 0.750 bits per heavy atom.